The van der Waals surface area contributed by atoms with Gasteiger partial charge in [0.1, 0.15) is 10.8 Å². The van der Waals surface area contributed by atoms with E-state index in [2.05, 4.69) is 15.3 Å². The monoisotopic (exact) mass is 373 g/mol. The van der Waals surface area contributed by atoms with E-state index in [-0.39, 0.29) is 11.6 Å². The van der Waals surface area contributed by atoms with Crippen molar-refractivity contribution in [1.29, 1.82) is 0 Å². The summed E-state index contributed by atoms with van der Waals surface area (Å²) in [6, 6.07) is 6.79. The molecule has 0 saturated carbocycles. The Hall–Kier alpha value is -1.96. The van der Waals surface area contributed by atoms with Gasteiger partial charge < -0.3 is 14.6 Å². The Balaban J connectivity index is 1.85. The Labute approximate surface area is 158 Å². The number of anilines is 1. The van der Waals surface area contributed by atoms with Crippen molar-refractivity contribution < 1.29 is 14.1 Å². The maximum Gasteiger partial charge on any atom is 0.494 e. The zero-order valence-corrected chi connectivity index (χ0v) is 16.2. The summed E-state index contributed by atoms with van der Waals surface area (Å²) in [5.41, 5.74) is 1.39. The minimum atomic E-state index is -0.552. The van der Waals surface area contributed by atoms with Crippen molar-refractivity contribution in [3.63, 3.8) is 0 Å². The largest absolute Gasteiger partial charge is 0.494 e. The smallest absolute Gasteiger partial charge is 0.399 e. The maximum atomic E-state index is 12.6. The van der Waals surface area contributed by atoms with Crippen molar-refractivity contribution >= 4 is 35.8 Å². The second kappa shape index (κ2) is 6.65. The standard InChI is InChI=1S/C18H21BClN3O3/c1-11-8-12(19-25-17(2,3)18(4,5)26-19)9-14(22-11)16(24)23-13-6-7-21-15(20)10-13/h6-10H,1-5H3,(H,21,23,24). The van der Waals surface area contributed by atoms with Crippen molar-refractivity contribution in [3.05, 3.63) is 47.0 Å². The van der Waals surface area contributed by atoms with Crippen LogP contribution in [0, 0.1) is 6.92 Å². The van der Waals surface area contributed by atoms with Crippen LogP contribution < -0.4 is 10.8 Å². The van der Waals surface area contributed by atoms with Crippen molar-refractivity contribution in [2.45, 2.75) is 45.8 Å². The first kappa shape index (κ1) is 18.8. The van der Waals surface area contributed by atoms with E-state index < -0.39 is 18.3 Å². The highest BCUT2D eigenvalue weighted by Crippen LogP contribution is 2.36. The van der Waals surface area contributed by atoms with Crippen LogP contribution in [0.5, 0.6) is 0 Å². The van der Waals surface area contributed by atoms with Crippen molar-refractivity contribution in [2.24, 2.45) is 0 Å². The first-order chi connectivity index (χ1) is 12.1. The lowest BCUT2D eigenvalue weighted by molar-refractivity contribution is 0.00578. The number of rotatable bonds is 3. The van der Waals surface area contributed by atoms with Crippen molar-refractivity contribution in [1.82, 2.24) is 9.97 Å². The number of carbonyl (C=O) groups excluding carboxylic acids is 1. The van der Waals surface area contributed by atoms with Gasteiger partial charge in [0.05, 0.1) is 11.2 Å². The van der Waals surface area contributed by atoms with E-state index in [1.807, 2.05) is 40.7 Å². The van der Waals surface area contributed by atoms with Gasteiger partial charge in [-0.2, -0.15) is 0 Å². The Bertz CT molecular complexity index is 841. The zero-order chi connectivity index (χ0) is 19.1. The molecule has 0 spiro atoms. The summed E-state index contributed by atoms with van der Waals surface area (Å²) in [7, 11) is -0.552. The Kier molecular flexibility index (Phi) is 4.81. The van der Waals surface area contributed by atoms with Gasteiger partial charge in [-0.3, -0.25) is 4.79 Å². The molecule has 1 aliphatic heterocycles. The molecule has 0 unspecified atom stereocenters. The van der Waals surface area contributed by atoms with E-state index in [0.29, 0.717) is 16.5 Å². The minimum absolute atomic E-state index is 0.280. The third-order valence-corrected chi connectivity index (χ3v) is 4.92. The third kappa shape index (κ3) is 3.75. The predicted octanol–water partition coefficient (Wildman–Crippen LogP) is 2.99. The summed E-state index contributed by atoms with van der Waals surface area (Å²) in [5.74, 6) is -0.339. The molecular formula is C18H21BClN3O3. The van der Waals surface area contributed by atoms with Gasteiger partial charge in [-0.15, -0.1) is 0 Å². The second-order valence-electron chi connectivity index (χ2n) is 7.34. The number of halogens is 1. The summed E-state index contributed by atoms with van der Waals surface area (Å²) in [6.45, 7) is 9.78. The molecule has 1 saturated heterocycles. The van der Waals surface area contributed by atoms with Crippen LogP contribution in [0.2, 0.25) is 5.15 Å². The lowest BCUT2D eigenvalue weighted by Crippen LogP contribution is -2.41. The number of nitrogens with one attached hydrogen (secondary N) is 1. The Morgan fingerprint density at radius 3 is 2.42 bits per heavy atom. The first-order valence-corrected chi connectivity index (χ1v) is 8.72. The van der Waals surface area contributed by atoms with Gasteiger partial charge in [-0.25, -0.2) is 9.97 Å². The number of nitrogens with zero attached hydrogens (tertiary/aromatic N) is 2. The van der Waals surface area contributed by atoms with Crippen LogP contribution in [0.1, 0.15) is 43.9 Å². The number of hydrogen-bond donors (Lipinski definition) is 1. The summed E-state index contributed by atoms with van der Waals surface area (Å²) in [5, 5.41) is 3.07. The van der Waals surface area contributed by atoms with Crippen LogP contribution in [0.25, 0.3) is 0 Å². The number of hydrogen-bond acceptors (Lipinski definition) is 5. The molecule has 8 heteroatoms. The van der Waals surface area contributed by atoms with Crippen LogP contribution in [-0.2, 0) is 9.31 Å². The van der Waals surface area contributed by atoms with Crippen LogP contribution in [0.3, 0.4) is 0 Å². The van der Waals surface area contributed by atoms with Gasteiger partial charge in [-0.05, 0) is 64.3 Å². The second-order valence-corrected chi connectivity index (χ2v) is 7.72. The summed E-state index contributed by atoms with van der Waals surface area (Å²) >= 11 is 5.85. The Morgan fingerprint density at radius 1 is 1.15 bits per heavy atom. The Morgan fingerprint density at radius 2 is 1.81 bits per heavy atom. The molecule has 1 aliphatic rings. The zero-order valence-electron chi connectivity index (χ0n) is 15.5. The van der Waals surface area contributed by atoms with E-state index in [1.54, 1.807) is 18.2 Å². The molecule has 0 aromatic carbocycles. The van der Waals surface area contributed by atoms with Crippen LogP contribution >= 0.6 is 11.6 Å². The molecule has 0 bridgehead atoms. The van der Waals surface area contributed by atoms with Gasteiger partial charge in [0.2, 0.25) is 0 Å². The van der Waals surface area contributed by atoms with Crippen molar-refractivity contribution in [3.8, 4) is 0 Å². The molecule has 1 fully saturated rings. The summed E-state index contributed by atoms with van der Waals surface area (Å²) < 4.78 is 12.1. The minimum Gasteiger partial charge on any atom is -0.399 e. The van der Waals surface area contributed by atoms with E-state index in [4.69, 9.17) is 20.9 Å². The fourth-order valence-electron chi connectivity index (χ4n) is 2.60. The molecule has 0 radical (unpaired) electrons. The van der Waals surface area contributed by atoms with E-state index >= 15 is 0 Å². The van der Waals surface area contributed by atoms with E-state index in [1.165, 1.54) is 6.20 Å². The highest BCUT2D eigenvalue weighted by atomic mass is 35.5. The van der Waals surface area contributed by atoms with Crippen LogP contribution in [0.4, 0.5) is 5.69 Å². The fraction of sp³-hybridized carbons (Fsp3) is 0.389. The highest BCUT2D eigenvalue weighted by molar-refractivity contribution is 6.62. The molecule has 6 nitrogen and oxygen atoms in total. The first-order valence-electron chi connectivity index (χ1n) is 8.34. The fourth-order valence-corrected chi connectivity index (χ4v) is 2.78. The summed E-state index contributed by atoms with van der Waals surface area (Å²) in [4.78, 5) is 20.8. The van der Waals surface area contributed by atoms with Gasteiger partial charge >= 0.3 is 7.12 Å². The third-order valence-electron chi connectivity index (χ3n) is 4.72. The van der Waals surface area contributed by atoms with Crippen LogP contribution in [-0.4, -0.2) is 34.2 Å². The topological polar surface area (TPSA) is 73.3 Å². The van der Waals surface area contributed by atoms with Gasteiger partial charge in [0, 0.05) is 17.6 Å². The van der Waals surface area contributed by atoms with Crippen LogP contribution in [0.15, 0.2) is 30.5 Å². The maximum absolute atomic E-state index is 12.6. The predicted molar refractivity (Wildman–Crippen MR) is 102 cm³/mol. The highest BCUT2D eigenvalue weighted by Gasteiger charge is 2.51. The van der Waals surface area contributed by atoms with E-state index in [9.17, 15) is 4.79 Å². The average molecular weight is 374 g/mol. The molecule has 3 heterocycles. The normalized spacial score (nSPS) is 18.0. The average Bonchev–Trinajstić information content (AvgIpc) is 2.75. The molecule has 3 rings (SSSR count). The number of carbonyl (C=O) groups is 1. The lowest BCUT2D eigenvalue weighted by atomic mass is 9.79. The molecule has 2 aromatic rings. The molecule has 1 N–H and O–H groups in total. The molecule has 0 aliphatic carbocycles. The summed E-state index contributed by atoms with van der Waals surface area (Å²) in [6.07, 6.45) is 1.53. The van der Waals surface area contributed by atoms with Gasteiger partial charge in [0.15, 0.2) is 0 Å². The lowest BCUT2D eigenvalue weighted by Gasteiger charge is -2.32. The molecule has 2 aromatic heterocycles. The number of aromatic nitrogens is 2. The molecule has 1 amide bonds. The molecule has 0 atom stereocenters. The van der Waals surface area contributed by atoms with Crippen molar-refractivity contribution in [2.75, 3.05) is 5.32 Å². The number of pyridine rings is 2. The van der Waals surface area contributed by atoms with Gasteiger partial charge in [0.25, 0.3) is 5.91 Å². The van der Waals surface area contributed by atoms with Gasteiger partial charge in [-0.1, -0.05) is 11.6 Å². The quantitative estimate of drug-likeness (QED) is 0.661. The number of amides is 1. The SMILES string of the molecule is Cc1cc(B2OC(C)(C)C(C)(C)O2)cc(C(=O)Nc2ccnc(Cl)c2)n1. The molecule has 26 heavy (non-hydrogen) atoms. The number of aryl methyl sites for hydroxylation is 1. The molecular weight excluding hydrogens is 352 g/mol. The van der Waals surface area contributed by atoms with E-state index in [0.717, 1.165) is 5.46 Å². The molecule has 136 valence electrons.